The van der Waals surface area contributed by atoms with Gasteiger partial charge in [-0.1, -0.05) is 22.8 Å². The second-order valence-corrected chi connectivity index (χ2v) is 6.36. The molecule has 4 nitrogen and oxygen atoms in total. The molecule has 0 amide bonds. The van der Waals surface area contributed by atoms with Gasteiger partial charge >= 0.3 is 0 Å². The van der Waals surface area contributed by atoms with Gasteiger partial charge in [0.15, 0.2) is 0 Å². The highest BCUT2D eigenvalue weighted by molar-refractivity contribution is 9.10. The van der Waals surface area contributed by atoms with Crippen LogP contribution in [-0.2, 0) is 0 Å². The van der Waals surface area contributed by atoms with Crippen molar-refractivity contribution in [2.75, 3.05) is 13.2 Å². The van der Waals surface area contributed by atoms with Gasteiger partial charge in [-0.3, -0.25) is 0 Å². The second kappa shape index (κ2) is 8.22. The molecule has 0 aliphatic rings. The van der Waals surface area contributed by atoms with E-state index in [1.807, 2.05) is 26.0 Å². The van der Waals surface area contributed by atoms with Crippen LogP contribution >= 0.6 is 27.5 Å². The largest absolute Gasteiger partial charge is 0.490 e. The third-order valence-corrected chi connectivity index (χ3v) is 3.83. The molecule has 0 aliphatic heterocycles. The maximum absolute atomic E-state index is 8.73. The van der Waals surface area contributed by atoms with E-state index >= 15 is 0 Å². The van der Waals surface area contributed by atoms with Gasteiger partial charge in [-0.15, -0.1) is 0 Å². The zero-order valence-corrected chi connectivity index (χ0v) is 15.2. The summed E-state index contributed by atoms with van der Waals surface area (Å²) < 4.78 is 12.1. The van der Waals surface area contributed by atoms with Crippen LogP contribution in [0.15, 0.2) is 40.0 Å². The van der Waals surface area contributed by atoms with Crippen LogP contribution in [0.25, 0.3) is 0 Å². The van der Waals surface area contributed by atoms with Crippen molar-refractivity contribution in [2.45, 2.75) is 13.8 Å². The minimum Gasteiger partial charge on any atom is -0.490 e. The molecule has 122 valence electrons. The van der Waals surface area contributed by atoms with Crippen molar-refractivity contribution in [1.82, 2.24) is 0 Å². The van der Waals surface area contributed by atoms with E-state index in [1.54, 1.807) is 12.1 Å². The monoisotopic (exact) mass is 397 g/mol. The van der Waals surface area contributed by atoms with E-state index < -0.39 is 0 Å². The van der Waals surface area contributed by atoms with Gasteiger partial charge < -0.3 is 14.7 Å². The fourth-order valence-electron chi connectivity index (χ4n) is 2.21. The van der Waals surface area contributed by atoms with Crippen molar-refractivity contribution in [2.24, 2.45) is 5.16 Å². The van der Waals surface area contributed by atoms with Crippen LogP contribution in [0.4, 0.5) is 0 Å². The van der Waals surface area contributed by atoms with E-state index in [9.17, 15) is 0 Å². The Balaban J connectivity index is 1.98. The minimum absolute atomic E-state index is 0.347. The quantitative estimate of drug-likeness (QED) is 0.323. The highest BCUT2D eigenvalue weighted by Crippen LogP contribution is 2.32. The average Bonchev–Trinajstić information content (AvgIpc) is 2.44. The lowest BCUT2D eigenvalue weighted by Crippen LogP contribution is -2.10. The first kappa shape index (κ1) is 17.6. The summed E-state index contributed by atoms with van der Waals surface area (Å²) in [4.78, 5) is 0. The molecule has 2 rings (SSSR count). The number of halogens is 2. The number of nitrogens with zero attached hydrogens (tertiary/aromatic N) is 1. The number of hydrogen-bond acceptors (Lipinski definition) is 4. The molecule has 0 saturated heterocycles. The van der Waals surface area contributed by atoms with Crippen LogP contribution in [0, 0.1) is 13.8 Å². The van der Waals surface area contributed by atoms with Crippen LogP contribution < -0.4 is 9.47 Å². The molecule has 1 N–H and O–H groups in total. The summed E-state index contributed by atoms with van der Waals surface area (Å²) in [6, 6.07) is 9.43. The lowest BCUT2D eigenvalue weighted by Gasteiger charge is -2.13. The Hall–Kier alpha value is -1.72. The second-order valence-electron chi connectivity index (χ2n) is 5.07. The molecule has 0 unspecified atom stereocenters. The maximum atomic E-state index is 8.73. The summed E-state index contributed by atoms with van der Waals surface area (Å²) in [5.41, 5.74) is 2.89. The first-order chi connectivity index (χ1) is 11.0. The molecule has 0 bridgehead atoms. The standard InChI is InChI=1S/C17H17BrClNO3/c1-11-5-12(2)7-15(6-11)22-3-4-23-17-13(10-20-21)8-14(19)9-16(17)18/h5-10,21H,3-4H2,1-2H3. The van der Waals surface area contributed by atoms with Gasteiger partial charge in [0, 0.05) is 10.6 Å². The Labute approximate surface area is 148 Å². The van der Waals surface area contributed by atoms with Crippen molar-refractivity contribution in [3.8, 4) is 11.5 Å². The molecule has 2 aromatic carbocycles. The van der Waals surface area contributed by atoms with Crippen LogP contribution in [0.2, 0.25) is 5.02 Å². The van der Waals surface area contributed by atoms with Crippen molar-refractivity contribution >= 4 is 33.7 Å². The van der Waals surface area contributed by atoms with E-state index in [2.05, 4.69) is 27.2 Å². The third-order valence-electron chi connectivity index (χ3n) is 3.03. The van der Waals surface area contributed by atoms with Gasteiger partial charge in [0.2, 0.25) is 0 Å². The summed E-state index contributed by atoms with van der Waals surface area (Å²) in [6.45, 7) is 4.80. The molecule has 0 aliphatic carbocycles. The smallest absolute Gasteiger partial charge is 0.142 e. The van der Waals surface area contributed by atoms with Gasteiger partial charge in [-0.05, 0) is 65.2 Å². The molecule has 2 aromatic rings. The fourth-order valence-corrected chi connectivity index (χ4v) is 3.16. The highest BCUT2D eigenvalue weighted by atomic mass is 79.9. The fraction of sp³-hybridized carbons (Fsp3) is 0.235. The first-order valence-electron chi connectivity index (χ1n) is 7.00. The number of hydrogen-bond donors (Lipinski definition) is 1. The Morgan fingerprint density at radius 2 is 1.74 bits per heavy atom. The molecule has 0 spiro atoms. The first-order valence-corrected chi connectivity index (χ1v) is 8.17. The normalized spacial score (nSPS) is 11.0. The van der Waals surface area contributed by atoms with E-state index in [4.69, 9.17) is 26.3 Å². The van der Waals surface area contributed by atoms with E-state index in [-0.39, 0.29) is 0 Å². The molecule has 0 fully saturated rings. The van der Waals surface area contributed by atoms with Gasteiger partial charge in [0.05, 0.1) is 10.7 Å². The zero-order valence-electron chi connectivity index (χ0n) is 12.8. The van der Waals surface area contributed by atoms with Gasteiger partial charge in [-0.2, -0.15) is 0 Å². The number of ether oxygens (including phenoxy) is 2. The average molecular weight is 399 g/mol. The SMILES string of the molecule is Cc1cc(C)cc(OCCOc2c(Br)cc(Cl)cc2C=NO)c1. The van der Waals surface area contributed by atoms with Gasteiger partial charge in [0.25, 0.3) is 0 Å². The Bertz CT molecular complexity index is 699. The number of benzene rings is 2. The maximum Gasteiger partial charge on any atom is 0.142 e. The number of rotatable bonds is 6. The Kier molecular flexibility index (Phi) is 6.30. The van der Waals surface area contributed by atoms with Crippen molar-refractivity contribution in [3.05, 3.63) is 56.5 Å². The predicted molar refractivity (Wildman–Crippen MR) is 95.4 cm³/mol. The third kappa shape index (κ3) is 5.15. The summed E-state index contributed by atoms with van der Waals surface area (Å²) >= 11 is 9.37. The van der Waals surface area contributed by atoms with Crippen molar-refractivity contribution in [1.29, 1.82) is 0 Å². The lowest BCUT2D eigenvalue weighted by molar-refractivity contribution is 0.216. The minimum atomic E-state index is 0.347. The summed E-state index contributed by atoms with van der Waals surface area (Å²) in [5, 5.41) is 12.3. The van der Waals surface area contributed by atoms with E-state index in [1.165, 1.54) is 6.21 Å². The molecule has 6 heteroatoms. The van der Waals surface area contributed by atoms with Crippen LogP contribution in [-0.4, -0.2) is 24.6 Å². The molecular formula is C17H17BrClNO3. The topological polar surface area (TPSA) is 51.0 Å². The predicted octanol–water partition coefficient (Wildman–Crippen LogP) is 4.99. The molecule has 0 atom stereocenters. The molecule has 0 aromatic heterocycles. The molecule has 0 heterocycles. The number of aryl methyl sites for hydroxylation is 2. The summed E-state index contributed by atoms with van der Waals surface area (Å²) in [5.74, 6) is 1.37. The van der Waals surface area contributed by atoms with Crippen LogP contribution in [0.5, 0.6) is 11.5 Å². The number of oxime groups is 1. The van der Waals surface area contributed by atoms with Gasteiger partial charge in [-0.25, -0.2) is 0 Å². The van der Waals surface area contributed by atoms with Crippen molar-refractivity contribution in [3.63, 3.8) is 0 Å². The van der Waals surface area contributed by atoms with Gasteiger partial charge in [0.1, 0.15) is 24.7 Å². The Morgan fingerprint density at radius 3 is 2.39 bits per heavy atom. The molecule has 0 radical (unpaired) electrons. The summed E-state index contributed by atoms with van der Waals surface area (Å²) in [6.07, 6.45) is 1.27. The Morgan fingerprint density at radius 1 is 1.09 bits per heavy atom. The molecule has 23 heavy (non-hydrogen) atoms. The molecular weight excluding hydrogens is 382 g/mol. The van der Waals surface area contributed by atoms with Crippen LogP contribution in [0.1, 0.15) is 16.7 Å². The van der Waals surface area contributed by atoms with Crippen LogP contribution in [0.3, 0.4) is 0 Å². The zero-order chi connectivity index (χ0) is 16.8. The highest BCUT2D eigenvalue weighted by Gasteiger charge is 2.09. The van der Waals surface area contributed by atoms with Crippen molar-refractivity contribution < 1.29 is 14.7 Å². The van der Waals surface area contributed by atoms with E-state index in [0.29, 0.717) is 34.0 Å². The molecule has 0 saturated carbocycles. The summed E-state index contributed by atoms with van der Waals surface area (Å²) in [7, 11) is 0. The van der Waals surface area contributed by atoms with E-state index in [0.717, 1.165) is 16.9 Å². The lowest BCUT2D eigenvalue weighted by atomic mass is 10.1.